The Kier molecular flexibility index (Phi) is 4.80. The van der Waals surface area contributed by atoms with E-state index in [2.05, 4.69) is 10.1 Å². The molecule has 0 atom stereocenters. The molecule has 0 bridgehead atoms. The summed E-state index contributed by atoms with van der Waals surface area (Å²) in [4.78, 5) is 17.8. The Balaban J connectivity index is 1.62. The predicted octanol–water partition coefficient (Wildman–Crippen LogP) is 4.23. The molecule has 0 saturated carbocycles. The molecule has 0 fully saturated rings. The van der Waals surface area contributed by atoms with Gasteiger partial charge in [-0.05, 0) is 36.1 Å². The van der Waals surface area contributed by atoms with E-state index in [1.165, 1.54) is 16.0 Å². The van der Waals surface area contributed by atoms with E-state index in [0.717, 1.165) is 16.0 Å². The Bertz CT molecular complexity index is 1160. The second-order valence-corrected chi connectivity index (χ2v) is 6.87. The van der Waals surface area contributed by atoms with Gasteiger partial charge in [0.05, 0.1) is 11.6 Å². The van der Waals surface area contributed by atoms with Crippen LogP contribution in [0.4, 0.5) is 0 Å². The lowest BCUT2D eigenvalue weighted by atomic mass is 10.2. The predicted molar refractivity (Wildman–Crippen MR) is 109 cm³/mol. The minimum absolute atomic E-state index is 0.169. The molecule has 0 radical (unpaired) electrons. The fourth-order valence-electron chi connectivity index (χ4n) is 2.72. The van der Waals surface area contributed by atoms with Crippen molar-refractivity contribution in [2.24, 2.45) is 5.10 Å². The number of benzene rings is 2. The molecular formula is C21H17N3O2S. The monoisotopic (exact) mass is 375 g/mol. The van der Waals surface area contributed by atoms with Crippen LogP contribution in [-0.4, -0.2) is 15.9 Å². The number of aryl methyl sites for hydroxylation is 1. The van der Waals surface area contributed by atoms with Crippen LogP contribution >= 0.6 is 11.3 Å². The Morgan fingerprint density at radius 1 is 1.11 bits per heavy atom. The summed E-state index contributed by atoms with van der Waals surface area (Å²) in [5, 5.41) is 6.80. The zero-order valence-electron chi connectivity index (χ0n) is 14.7. The third-order valence-electron chi connectivity index (χ3n) is 4.11. The highest BCUT2D eigenvalue weighted by Gasteiger charge is 2.08. The molecule has 0 amide bonds. The number of fused-ring (bicyclic) bond motifs is 1. The van der Waals surface area contributed by atoms with Crippen LogP contribution in [0.1, 0.15) is 17.0 Å². The molecule has 0 unspecified atom stereocenters. The topological polar surface area (TPSA) is 56.5 Å². The standard InChI is InChI=1S/C21H17N3O2S/c1-15-23-20-18(11-12-27-20)21(25)24(15)22-13-17-9-5-6-10-19(17)26-14-16-7-3-2-4-8-16/h2-13H,14H2,1H3/b22-13-. The Hall–Kier alpha value is -3.25. The summed E-state index contributed by atoms with van der Waals surface area (Å²) < 4.78 is 7.26. The zero-order valence-corrected chi connectivity index (χ0v) is 15.5. The van der Waals surface area contributed by atoms with Crippen molar-refractivity contribution < 1.29 is 4.74 Å². The van der Waals surface area contributed by atoms with Gasteiger partial charge in [-0.25, -0.2) is 4.98 Å². The van der Waals surface area contributed by atoms with Crippen LogP contribution in [0, 0.1) is 6.92 Å². The molecule has 0 saturated heterocycles. The Morgan fingerprint density at radius 2 is 1.89 bits per heavy atom. The van der Waals surface area contributed by atoms with Gasteiger partial charge in [0.15, 0.2) is 0 Å². The maximum Gasteiger partial charge on any atom is 0.282 e. The molecule has 134 valence electrons. The molecule has 0 N–H and O–H groups in total. The number of ether oxygens (including phenoxy) is 1. The zero-order chi connectivity index (χ0) is 18.6. The van der Waals surface area contributed by atoms with E-state index in [9.17, 15) is 4.79 Å². The van der Waals surface area contributed by atoms with E-state index >= 15 is 0 Å². The van der Waals surface area contributed by atoms with Crippen molar-refractivity contribution in [3.05, 3.63) is 93.3 Å². The van der Waals surface area contributed by atoms with Gasteiger partial charge in [0.25, 0.3) is 5.56 Å². The molecule has 27 heavy (non-hydrogen) atoms. The number of hydrogen-bond donors (Lipinski definition) is 0. The van der Waals surface area contributed by atoms with Gasteiger partial charge in [-0.1, -0.05) is 42.5 Å². The third kappa shape index (κ3) is 3.66. The normalized spacial score (nSPS) is 11.3. The van der Waals surface area contributed by atoms with Crippen LogP contribution in [0.2, 0.25) is 0 Å². The summed E-state index contributed by atoms with van der Waals surface area (Å²) in [6.07, 6.45) is 1.63. The second kappa shape index (κ2) is 7.55. The Morgan fingerprint density at radius 3 is 2.74 bits per heavy atom. The summed E-state index contributed by atoms with van der Waals surface area (Å²) in [6, 6.07) is 19.4. The minimum atomic E-state index is -0.169. The van der Waals surface area contributed by atoms with Gasteiger partial charge in [-0.2, -0.15) is 9.78 Å². The molecule has 2 aromatic carbocycles. The summed E-state index contributed by atoms with van der Waals surface area (Å²) in [5.74, 6) is 1.26. The van der Waals surface area contributed by atoms with Crippen LogP contribution in [-0.2, 0) is 6.61 Å². The van der Waals surface area contributed by atoms with E-state index in [1.807, 2.05) is 60.0 Å². The van der Waals surface area contributed by atoms with Crippen molar-refractivity contribution >= 4 is 27.8 Å². The number of aromatic nitrogens is 2. The molecule has 0 spiro atoms. The van der Waals surface area contributed by atoms with Gasteiger partial charge in [0.2, 0.25) is 0 Å². The fraction of sp³-hybridized carbons (Fsp3) is 0.0952. The maximum absolute atomic E-state index is 12.6. The summed E-state index contributed by atoms with van der Waals surface area (Å²) in [6.45, 7) is 2.24. The quantitative estimate of drug-likeness (QED) is 0.491. The van der Waals surface area contributed by atoms with Crippen LogP contribution < -0.4 is 10.3 Å². The molecule has 0 aliphatic rings. The minimum Gasteiger partial charge on any atom is -0.488 e. The first-order valence-electron chi connectivity index (χ1n) is 8.49. The van der Waals surface area contributed by atoms with Crippen molar-refractivity contribution in [1.29, 1.82) is 0 Å². The van der Waals surface area contributed by atoms with E-state index < -0.39 is 0 Å². The average molecular weight is 375 g/mol. The third-order valence-corrected chi connectivity index (χ3v) is 4.91. The molecule has 0 aliphatic heterocycles. The molecule has 6 heteroatoms. The van der Waals surface area contributed by atoms with Gasteiger partial charge >= 0.3 is 0 Å². The number of thiophene rings is 1. The highest BCUT2D eigenvalue weighted by molar-refractivity contribution is 7.16. The van der Waals surface area contributed by atoms with E-state index in [-0.39, 0.29) is 5.56 Å². The van der Waals surface area contributed by atoms with Crippen molar-refractivity contribution in [3.8, 4) is 5.75 Å². The van der Waals surface area contributed by atoms with Gasteiger partial charge in [0.1, 0.15) is 23.0 Å². The molecule has 4 rings (SSSR count). The molecular weight excluding hydrogens is 358 g/mol. The summed E-state index contributed by atoms with van der Waals surface area (Å²) in [5.41, 5.74) is 1.71. The molecule has 4 aromatic rings. The lowest BCUT2D eigenvalue weighted by Gasteiger charge is -2.09. The molecule has 2 heterocycles. The van der Waals surface area contributed by atoms with Crippen LogP contribution in [0.3, 0.4) is 0 Å². The maximum atomic E-state index is 12.6. The molecule has 0 aliphatic carbocycles. The second-order valence-electron chi connectivity index (χ2n) is 5.97. The summed E-state index contributed by atoms with van der Waals surface area (Å²) in [7, 11) is 0. The van der Waals surface area contributed by atoms with E-state index in [4.69, 9.17) is 4.74 Å². The van der Waals surface area contributed by atoms with E-state index in [0.29, 0.717) is 23.6 Å². The SMILES string of the molecule is Cc1nc2sccc2c(=O)n1/N=C\c1ccccc1OCc1ccccc1. The number of rotatable bonds is 5. The lowest BCUT2D eigenvalue weighted by molar-refractivity contribution is 0.306. The smallest absolute Gasteiger partial charge is 0.282 e. The van der Waals surface area contributed by atoms with Gasteiger partial charge in [0, 0.05) is 5.56 Å². The highest BCUT2D eigenvalue weighted by atomic mass is 32.1. The van der Waals surface area contributed by atoms with Crippen molar-refractivity contribution in [1.82, 2.24) is 9.66 Å². The number of nitrogens with zero attached hydrogens (tertiary/aromatic N) is 3. The largest absolute Gasteiger partial charge is 0.488 e. The molecule has 5 nitrogen and oxygen atoms in total. The first-order chi connectivity index (χ1) is 13.2. The highest BCUT2D eigenvalue weighted by Crippen LogP contribution is 2.18. The van der Waals surface area contributed by atoms with Crippen molar-refractivity contribution in [3.63, 3.8) is 0 Å². The summed E-state index contributed by atoms with van der Waals surface area (Å²) >= 11 is 1.45. The number of hydrogen-bond acceptors (Lipinski definition) is 5. The van der Waals surface area contributed by atoms with Crippen LogP contribution in [0.25, 0.3) is 10.2 Å². The first kappa shape index (κ1) is 17.2. The molecule has 2 aromatic heterocycles. The van der Waals surface area contributed by atoms with Crippen molar-refractivity contribution in [2.45, 2.75) is 13.5 Å². The van der Waals surface area contributed by atoms with Gasteiger partial charge < -0.3 is 4.74 Å². The average Bonchev–Trinajstić information content (AvgIpc) is 3.16. The van der Waals surface area contributed by atoms with Gasteiger partial charge in [-0.3, -0.25) is 4.79 Å². The van der Waals surface area contributed by atoms with E-state index in [1.54, 1.807) is 19.2 Å². The number of para-hydroxylation sites is 1. The Labute approximate surface area is 160 Å². The lowest BCUT2D eigenvalue weighted by Crippen LogP contribution is -2.19. The van der Waals surface area contributed by atoms with Gasteiger partial charge in [-0.15, -0.1) is 11.3 Å². The van der Waals surface area contributed by atoms with Crippen LogP contribution in [0.5, 0.6) is 5.75 Å². The first-order valence-corrected chi connectivity index (χ1v) is 9.37. The van der Waals surface area contributed by atoms with Crippen molar-refractivity contribution in [2.75, 3.05) is 0 Å². The fourth-order valence-corrected chi connectivity index (χ4v) is 3.52. The van der Waals surface area contributed by atoms with Crippen LogP contribution in [0.15, 0.2) is 75.9 Å².